The molecule has 0 unspecified atom stereocenters. The Balaban J connectivity index is 2.26. The van der Waals surface area contributed by atoms with E-state index in [9.17, 15) is 28.8 Å². The largest absolute Gasteiger partial charge is 0.481 e. The number of nitrogens with zero attached hydrogens (tertiary/aromatic N) is 4. The summed E-state index contributed by atoms with van der Waals surface area (Å²) in [7, 11) is 0. The molecule has 0 radical (unpaired) electrons. The monoisotopic (exact) mass is 412 g/mol. The second-order valence-electron chi connectivity index (χ2n) is 7.88. The molecule has 2 aliphatic heterocycles. The summed E-state index contributed by atoms with van der Waals surface area (Å²) in [6.45, 7) is 4.85. The number of hydrogen-bond acceptors (Lipinski definition) is 6. The fourth-order valence-corrected chi connectivity index (χ4v) is 3.26. The number of carbonyl (C=O) groups excluding carboxylic acids is 4. The molecule has 0 bridgehead atoms. The van der Waals surface area contributed by atoms with E-state index in [4.69, 9.17) is 10.2 Å². The summed E-state index contributed by atoms with van der Waals surface area (Å²) in [6.07, 6.45) is -0.839. The van der Waals surface area contributed by atoms with Gasteiger partial charge in [-0.15, -0.1) is 0 Å². The molecule has 0 spiro atoms. The average Bonchev–Trinajstić information content (AvgIpc) is 2.85. The molecular formula is C17H24N4O8. The van der Waals surface area contributed by atoms with Gasteiger partial charge in [0.2, 0.25) is 0 Å². The summed E-state index contributed by atoms with van der Waals surface area (Å²) in [5.74, 6) is -3.56. The van der Waals surface area contributed by atoms with Gasteiger partial charge in [-0.2, -0.15) is 0 Å². The Kier molecular flexibility index (Phi) is 5.59. The van der Waals surface area contributed by atoms with E-state index in [1.54, 1.807) is 0 Å². The zero-order valence-corrected chi connectivity index (χ0v) is 16.7. The van der Waals surface area contributed by atoms with Crippen LogP contribution in [0.3, 0.4) is 0 Å². The van der Waals surface area contributed by atoms with E-state index in [1.807, 2.05) is 0 Å². The normalized spacial score (nSPS) is 20.8. The highest BCUT2D eigenvalue weighted by Gasteiger charge is 2.56. The zero-order valence-electron chi connectivity index (χ0n) is 16.7. The number of amides is 6. The molecular weight excluding hydrogens is 388 g/mol. The minimum atomic E-state index is -1.36. The van der Waals surface area contributed by atoms with Crippen LogP contribution in [0.25, 0.3) is 0 Å². The van der Waals surface area contributed by atoms with Gasteiger partial charge in [0.05, 0.1) is 12.8 Å². The molecule has 12 nitrogen and oxygen atoms in total. The van der Waals surface area contributed by atoms with Gasteiger partial charge < -0.3 is 10.2 Å². The highest BCUT2D eigenvalue weighted by molar-refractivity contribution is 6.08. The third-order valence-corrected chi connectivity index (χ3v) is 5.19. The number of imide groups is 2. The average molecular weight is 412 g/mol. The first-order valence-corrected chi connectivity index (χ1v) is 8.93. The first-order chi connectivity index (χ1) is 13.2. The van der Waals surface area contributed by atoms with Gasteiger partial charge in [-0.05, 0) is 27.7 Å². The van der Waals surface area contributed by atoms with Gasteiger partial charge in [-0.3, -0.25) is 38.8 Å². The van der Waals surface area contributed by atoms with Crippen molar-refractivity contribution in [2.75, 3.05) is 19.8 Å². The molecule has 0 aromatic rings. The Bertz CT molecular complexity index is 726. The van der Waals surface area contributed by atoms with Crippen molar-refractivity contribution >= 4 is 35.8 Å². The second kappa shape index (κ2) is 7.33. The quantitative estimate of drug-likeness (QED) is 0.527. The Morgan fingerprint density at radius 2 is 1.03 bits per heavy atom. The van der Waals surface area contributed by atoms with E-state index in [2.05, 4.69) is 0 Å². The van der Waals surface area contributed by atoms with Gasteiger partial charge in [0, 0.05) is 13.1 Å². The van der Waals surface area contributed by atoms with Crippen LogP contribution in [0.4, 0.5) is 9.59 Å². The van der Waals surface area contributed by atoms with Crippen LogP contribution in [-0.4, -0.2) is 96.5 Å². The Hall–Kier alpha value is -3.18. The van der Waals surface area contributed by atoms with Crippen LogP contribution in [0, 0.1) is 0 Å². The van der Waals surface area contributed by atoms with Crippen molar-refractivity contribution in [1.29, 1.82) is 0 Å². The predicted molar refractivity (Wildman–Crippen MR) is 95.4 cm³/mol. The van der Waals surface area contributed by atoms with Crippen LogP contribution in [0.1, 0.15) is 40.5 Å². The van der Waals surface area contributed by atoms with Crippen LogP contribution in [-0.2, 0) is 19.2 Å². The molecule has 2 rings (SSSR count). The van der Waals surface area contributed by atoms with Gasteiger partial charge in [-0.1, -0.05) is 0 Å². The van der Waals surface area contributed by atoms with Gasteiger partial charge in [0.1, 0.15) is 17.7 Å². The van der Waals surface area contributed by atoms with Crippen LogP contribution < -0.4 is 0 Å². The molecule has 2 heterocycles. The van der Waals surface area contributed by atoms with Gasteiger partial charge >= 0.3 is 24.0 Å². The summed E-state index contributed by atoms with van der Waals surface area (Å²) in [5.41, 5.74) is -2.72. The van der Waals surface area contributed by atoms with E-state index in [-0.39, 0.29) is 19.8 Å². The smallest absolute Gasteiger partial charge is 0.329 e. The summed E-state index contributed by atoms with van der Waals surface area (Å²) >= 11 is 0. The molecule has 12 heteroatoms. The van der Waals surface area contributed by atoms with Crippen molar-refractivity contribution in [1.82, 2.24) is 19.6 Å². The minimum absolute atomic E-state index is 0.312. The number of hydrogen-bond donors (Lipinski definition) is 2. The fourth-order valence-electron chi connectivity index (χ4n) is 3.26. The number of urea groups is 2. The van der Waals surface area contributed by atoms with Crippen molar-refractivity contribution in [2.45, 2.75) is 51.6 Å². The van der Waals surface area contributed by atoms with E-state index in [1.165, 1.54) is 27.7 Å². The highest BCUT2D eigenvalue weighted by atomic mass is 16.4. The van der Waals surface area contributed by atoms with Crippen molar-refractivity contribution in [3.05, 3.63) is 0 Å². The van der Waals surface area contributed by atoms with E-state index >= 15 is 0 Å². The lowest BCUT2D eigenvalue weighted by Crippen LogP contribution is -2.55. The molecule has 2 saturated heterocycles. The third-order valence-electron chi connectivity index (χ3n) is 5.19. The summed E-state index contributed by atoms with van der Waals surface area (Å²) in [6, 6.07) is -1.53. The number of aliphatic carboxylic acids is 2. The molecule has 0 saturated carbocycles. The highest BCUT2D eigenvalue weighted by Crippen LogP contribution is 2.33. The maximum absolute atomic E-state index is 12.8. The summed E-state index contributed by atoms with van der Waals surface area (Å²) in [5, 5.41) is 17.6. The van der Waals surface area contributed by atoms with Crippen LogP contribution in [0.15, 0.2) is 0 Å². The minimum Gasteiger partial charge on any atom is -0.481 e. The van der Waals surface area contributed by atoms with E-state index in [0.717, 1.165) is 19.6 Å². The van der Waals surface area contributed by atoms with Gasteiger partial charge in [0.15, 0.2) is 0 Å². The number of carboxylic acid groups (broad SMARTS) is 2. The lowest BCUT2D eigenvalue weighted by atomic mass is 10.0. The maximum Gasteiger partial charge on any atom is 0.329 e. The summed E-state index contributed by atoms with van der Waals surface area (Å²) in [4.78, 5) is 76.1. The van der Waals surface area contributed by atoms with E-state index in [0.29, 0.717) is 0 Å². The predicted octanol–water partition coefficient (Wildman–Crippen LogP) is -0.0211. The molecule has 2 aliphatic rings. The lowest BCUT2D eigenvalue weighted by Gasteiger charge is -2.36. The zero-order chi connectivity index (χ0) is 22.3. The number of carboxylic acids is 2. The number of carbonyl (C=O) groups is 6. The molecule has 0 aromatic carbocycles. The molecule has 2 fully saturated rings. The third kappa shape index (κ3) is 3.74. The maximum atomic E-state index is 12.8. The lowest BCUT2D eigenvalue weighted by molar-refractivity contribution is -0.139. The molecule has 0 atom stereocenters. The van der Waals surface area contributed by atoms with E-state index < -0.39 is 59.7 Å². The Morgan fingerprint density at radius 1 is 0.724 bits per heavy atom. The number of rotatable bonds is 8. The van der Waals surface area contributed by atoms with Crippen molar-refractivity contribution in [3.63, 3.8) is 0 Å². The van der Waals surface area contributed by atoms with Crippen LogP contribution in [0.5, 0.6) is 0 Å². The first kappa shape index (κ1) is 22.1. The fraction of sp³-hybridized carbons (Fsp3) is 0.647. The Morgan fingerprint density at radius 3 is 1.31 bits per heavy atom. The molecule has 0 aliphatic carbocycles. The standard InChI is InChI=1S/C17H24N4O8/c1-16(2)12(26)18(7-5-10(22)23)14(28)20(16)9-21-15(29)19(8-6-11(24)25)13(27)17(21,3)4/h5-9H2,1-4H3,(H,22,23)(H,24,25). The van der Waals surface area contributed by atoms with Gasteiger partial charge in [-0.25, -0.2) is 9.59 Å². The van der Waals surface area contributed by atoms with Gasteiger partial charge in [0.25, 0.3) is 11.8 Å². The molecule has 29 heavy (non-hydrogen) atoms. The SMILES string of the molecule is CC1(C)C(=O)N(CCC(=O)O)C(=O)N1CN1C(=O)N(CCC(=O)O)C(=O)C1(C)C. The Labute approximate surface area is 166 Å². The molecule has 6 amide bonds. The van der Waals surface area contributed by atoms with Crippen molar-refractivity contribution < 1.29 is 39.0 Å². The summed E-state index contributed by atoms with van der Waals surface area (Å²) < 4.78 is 0. The van der Waals surface area contributed by atoms with Crippen LogP contribution in [0.2, 0.25) is 0 Å². The first-order valence-electron chi connectivity index (χ1n) is 8.93. The van der Waals surface area contributed by atoms with Crippen molar-refractivity contribution in [2.24, 2.45) is 0 Å². The second-order valence-corrected chi connectivity index (χ2v) is 7.88. The van der Waals surface area contributed by atoms with Crippen molar-refractivity contribution in [3.8, 4) is 0 Å². The molecule has 2 N–H and O–H groups in total. The van der Waals surface area contributed by atoms with Crippen LogP contribution >= 0.6 is 0 Å². The molecule has 0 aromatic heterocycles. The molecule has 160 valence electrons. The topological polar surface area (TPSA) is 156 Å².